The number of aryl methyl sites for hydroxylation is 1. The average molecular weight is 206 g/mol. The Morgan fingerprint density at radius 3 is 2.67 bits per heavy atom. The van der Waals surface area contributed by atoms with Gasteiger partial charge >= 0.3 is 0 Å². The zero-order chi connectivity index (χ0) is 10.7. The minimum absolute atomic E-state index is 0.579. The Balaban J connectivity index is 2.27. The summed E-state index contributed by atoms with van der Waals surface area (Å²) in [4.78, 5) is 8.70. The molecule has 0 N–H and O–H groups in total. The molecular formula is C12H18N2O. The molecule has 0 atom stereocenters. The molecule has 3 nitrogen and oxygen atoms in total. The molecule has 1 aromatic heterocycles. The van der Waals surface area contributed by atoms with Gasteiger partial charge in [0, 0.05) is 5.92 Å². The molecule has 2 rings (SSSR count). The van der Waals surface area contributed by atoms with Crippen LogP contribution in [0.5, 0.6) is 5.75 Å². The largest absolute Gasteiger partial charge is 0.493 e. The Labute approximate surface area is 90.9 Å². The molecule has 15 heavy (non-hydrogen) atoms. The van der Waals surface area contributed by atoms with Crippen molar-refractivity contribution < 1.29 is 4.74 Å². The fourth-order valence-corrected chi connectivity index (χ4v) is 2.30. The normalized spacial score (nSPS) is 17.7. The number of hydrogen-bond donors (Lipinski definition) is 0. The highest BCUT2D eigenvalue weighted by atomic mass is 16.5. The second-order valence-corrected chi connectivity index (χ2v) is 4.21. The molecule has 0 spiro atoms. The van der Waals surface area contributed by atoms with E-state index in [0.717, 1.165) is 17.3 Å². The molecule has 0 unspecified atom stereocenters. The summed E-state index contributed by atoms with van der Waals surface area (Å²) < 4.78 is 5.33. The van der Waals surface area contributed by atoms with Crippen molar-refractivity contribution in [1.29, 1.82) is 0 Å². The maximum Gasteiger partial charge on any atom is 0.158 e. The Bertz CT molecular complexity index is 332. The number of aromatic nitrogens is 2. The van der Waals surface area contributed by atoms with Crippen LogP contribution in [0.15, 0.2) is 6.20 Å². The third-order valence-corrected chi connectivity index (χ3v) is 3.12. The van der Waals surface area contributed by atoms with Gasteiger partial charge in [-0.1, -0.05) is 19.3 Å². The summed E-state index contributed by atoms with van der Waals surface area (Å²) in [5, 5.41) is 0. The molecule has 0 aliphatic heterocycles. The quantitative estimate of drug-likeness (QED) is 0.746. The standard InChI is InChI=1S/C12H18N2O/c1-9-13-8-11(15-2)12(14-9)10-6-4-3-5-7-10/h8,10H,3-7H2,1-2H3. The fraction of sp³-hybridized carbons (Fsp3) is 0.667. The third kappa shape index (κ3) is 2.28. The summed E-state index contributed by atoms with van der Waals surface area (Å²) in [5.74, 6) is 2.28. The lowest BCUT2D eigenvalue weighted by Gasteiger charge is -2.22. The van der Waals surface area contributed by atoms with Crippen LogP contribution in [0, 0.1) is 6.92 Å². The minimum Gasteiger partial charge on any atom is -0.493 e. The van der Waals surface area contributed by atoms with Gasteiger partial charge in [-0.15, -0.1) is 0 Å². The lowest BCUT2D eigenvalue weighted by Crippen LogP contribution is -2.09. The molecule has 3 heteroatoms. The number of hydrogen-bond acceptors (Lipinski definition) is 3. The van der Waals surface area contributed by atoms with Crippen LogP contribution in [0.4, 0.5) is 0 Å². The second kappa shape index (κ2) is 4.60. The molecular weight excluding hydrogens is 188 g/mol. The molecule has 1 aliphatic carbocycles. The van der Waals surface area contributed by atoms with Gasteiger partial charge in [0.25, 0.3) is 0 Å². The van der Waals surface area contributed by atoms with Crippen LogP contribution in [-0.2, 0) is 0 Å². The Kier molecular flexibility index (Phi) is 3.19. The molecule has 1 fully saturated rings. The van der Waals surface area contributed by atoms with Crippen LogP contribution >= 0.6 is 0 Å². The van der Waals surface area contributed by atoms with Crippen molar-refractivity contribution in [2.75, 3.05) is 7.11 Å². The van der Waals surface area contributed by atoms with Crippen molar-refractivity contribution in [3.05, 3.63) is 17.7 Å². The first-order valence-corrected chi connectivity index (χ1v) is 5.69. The molecule has 82 valence electrons. The molecule has 1 heterocycles. The Hall–Kier alpha value is -1.12. The van der Waals surface area contributed by atoms with Crippen LogP contribution in [-0.4, -0.2) is 17.1 Å². The van der Waals surface area contributed by atoms with E-state index < -0.39 is 0 Å². The summed E-state index contributed by atoms with van der Waals surface area (Å²) in [6, 6.07) is 0. The molecule has 0 amide bonds. The van der Waals surface area contributed by atoms with E-state index in [1.807, 2.05) is 6.92 Å². The van der Waals surface area contributed by atoms with E-state index in [1.165, 1.54) is 32.1 Å². The van der Waals surface area contributed by atoms with E-state index in [2.05, 4.69) is 9.97 Å². The van der Waals surface area contributed by atoms with Gasteiger partial charge in [0.15, 0.2) is 5.75 Å². The van der Waals surface area contributed by atoms with E-state index in [4.69, 9.17) is 4.74 Å². The van der Waals surface area contributed by atoms with Crippen molar-refractivity contribution in [3.63, 3.8) is 0 Å². The summed E-state index contributed by atoms with van der Waals surface area (Å²) >= 11 is 0. The van der Waals surface area contributed by atoms with Gasteiger partial charge in [0.05, 0.1) is 19.0 Å². The van der Waals surface area contributed by atoms with Gasteiger partial charge < -0.3 is 4.74 Å². The number of rotatable bonds is 2. The first-order valence-electron chi connectivity index (χ1n) is 5.69. The fourth-order valence-electron chi connectivity index (χ4n) is 2.30. The summed E-state index contributed by atoms with van der Waals surface area (Å²) in [5.41, 5.74) is 1.12. The molecule has 1 saturated carbocycles. The number of ether oxygens (including phenoxy) is 1. The summed E-state index contributed by atoms with van der Waals surface area (Å²) in [7, 11) is 1.69. The molecule has 1 aliphatic rings. The van der Waals surface area contributed by atoms with Gasteiger partial charge in [0.1, 0.15) is 5.82 Å². The zero-order valence-corrected chi connectivity index (χ0v) is 9.49. The van der Waals surface area contributed by atoms with E-state index in [9.17, 15) is 0 Å². The molecule has 0 bridgehead atoms. The van der Waals surface area contributed by atoms with Gasteiger partial charge in [-0.25, -0.2) is 9.97 Å². The van der Waals surface area contributed by atoms with Crippen molar-refractivity contribution in [2.45, 2.75) is 44.9 Å². The number of methoxy groups -OCH3 is 1. The topological polar surface area (TPSA) is 35.0 Å². The maximum absolute atomic E-state index is 5.33. The second-order valence-electron chi connectivity index (χ2n) is 4.21. The lowest BCUT2D eigenvalue weighted by atomic mass is 9.86. The van der Waals surface area contributed by atoms with Gasteiger partial charge in [0.2, 0.25) is 0 Å². The van der Waals surface area contributed by atoms with Crippen molar-refractivity contribution in [2.24, 2.45) is 0 Å². The van der Waals surface area contributed by atoms with Crippen LogP contribution in [0.2, 0.25) is 0 Å². The highest BCUT2D eigenvalue weighted by Gasteiger charge is 2.20. The summed E-state index contributed by atoms with van der Waals surface area (Å²) in [6.07, 6.45) is 8.28. The molecule has 0 saturated heterocycles. The van der Waals surface area contributed by atoms with E-state index in [0.29, 0.717) is 5.92 Å². The minimum atomic E-state index is 0.579. The molecule has 0 aromatic carbocycles. The summed E-state index contributed by atoms with van der Waals surface area (Å²) in [6.45, 7) is 1.94. The van der Waals surface area contributed by atoms with E-state index >= 15 is 0 Å². The molecule has 1 aromatic rings. The predicted molar refractivity (Wildman–Crippen MR) is 59.1 cm³/mol. The first-order chi connectivity index (χ1) is 7.31. The van der Waals surface area contributed by atoms with Gasteiger partial charge in [-0.3, -0.25) is 0 Å². The highest BCUT2D eigenvalue weighted by molar-refractivity contribution is 5.28. The van der Waals surface area contributed by atoms with Crippen LogP contribution in [0.25, 0.3) is 0 Å². The Morgan fingerprint density at radius 1 is 1.27 bits per heavy atom. The van der Waals surface area contributed by atoms with Gasteiger partial charge in [-0.05, 0) is 19.8 Å². The number of nitrogens with zero attached hydrogens (tertiary/aromatic N) is 2. The smallest absolute Gasteiger partial charge is 0.158 e. The van der Waals surface area contributed by atoms with Crippen LogP contribution in [0.1, 0.15) is 49.5 Å². The van der Waals surface area contributed by atoms with Gasteiger partial charge in [-0.2, -0.15) is 0 Å². The van der Waals surface area contributed by atoms with E-state index in [-0.39, 0.29) is 0 Å². The maximum atomic E-state index is 5.33. The van der Waals surface area contributed by atoms with Crippen molar-refractivity contribution >= 4 is 0 Å². The van der Waals surface area contributed by atoms with Crippen LogP contribution < -0.4 is 4.74 Å². The first kappa shape index (κ1) is 10.4. The predicted octanol–water partition coefficient (Wildman–Crippen LogP) is 2.84. The average Bonchev–Trinajstić information content (AvgIpc) is 2.30. The highest BCUT2D eigenvalue weighted by Crippen LogP contribution is 2.35. The monoisotopic (exact) mass is 206 g/mol. The third-order valence-electron chi connectivity index (χ3n) is 3.12. The van der Waals surface area contributed by atoms with Crippen LogP contribution in [0.3, 0.4) is 0 Å². The molecule has 0 radical (unpaired) electrons. The lowest BCUT2D eigenvalue weighted by molar-refractivity contribution is 0.377. The Morgan fingerprint density at radius 2 is 2.00 bits per heavy atom. The van der Waals surface area contributed by atoms with Crippen molar-refractivity contribution in [1.82, 2.24) is 9.97 Å². The SMILES string of the molecule is COc1cnc(C)nc1C1CCCCC1. The zero-order valence-electron chi connectivity index (χ0n) is 9.49. The van der Waals surface area contributed by atoms with E-state index in [1.54, 1.807) is 13.3 Å². The van der Waals surface area contributed by atoms with Crippen molar-refractivity contribution in [3.8, 4) is 5.75 Å².